The molecule has 6 atom stereocenters. The summed E-state index contributed by atoms with van der Waals surface area (Å²) in [6.07, 6.45) is 24.4. The lowest BCUT2D eigenvalue weighted by atomic mass is 9.48. The molecule has 5 aliphatic rings. The standard InChI is InChI=1S/C27H46O2/c1-28-21-16-14-19(15-17-21)27(20-8-7-9-22(18-20)29-2)25-12-5-3-10-23(25)24-11-4-6-13-26(24)27/h19-26H,3-18H2,1-2H3. The lowest BCUT2D eigenvalue weighted by molar-refractivity contribution is -0.104. The fraction of sp³-hybridized carbons (Fsp3) is 1.00. The molecular weight excluding hydrogens is 356 g/mol. The summed E-state index contributed by atoms with van der Waals surface area (Å²) >= 11 is 0. The van der Waals surface area contributed by atoms with Gasteiger partial charge in [-0.2, -0.15) is 0 Å². The van der Waals surface area contributed by atoms with Gasteiger partial charge >= 0.3 is 0 Å². The van der Waals surface area contributed by atoms with E-state index in [2.05, 4.69) is 0 Å². The number of methoxy groups -OCH3 is 2. The SMILES string of the molecule is COC1CCC(C2(C3CCCC(OC)C3)C3CCCCC3C3CCCCC32)CC1. The quantitative estimate of drug-likeness (QED) is 0.503. The van der Waals surface area contributed by atoms with Crippen LogP contribution in [0.1, 0.15) is 103 Å². The van der Waals surface area contributed by atoms with E-state index in [1.807, 2.05) is 14.2 Å². The topological polar surface area (TPSA) is 18.5 Å². The van der Waals surface area contributed by atoms with Crippen molar-refractivity contribution in [3.05, 3.63) is 0 Å². The summed E-state index contributed by atoms with van der Waals surface area (Å²) in [5.74, 6) is 6.11. The largest absolute Gasteiger partial charge is 0.381 e. The number of hydrogen-bond acceptors (Lipinski definition) is 2. The van der Waals surface area contributed by atoms with Gasteiger partial charge in [0, 0.05) is 14.2 Å². The molecule has 2 nitrogen and oxygen atoms in total. The molecule has 0 N–H and O–H groups in total. The van der Waals surface area contributed by atoms with Crippen molar-refractivity contribution in [2.45, 2.75) is 115 Å². The van der Waals surface area contributed by atoms with Gasteiger partial charge in [-0.05, 0) is 112 Å². The first kappa shape index (κ1) is 20.8. The van der Waals surface area contributed by atoms with Crippen molar-refractivity contribution < 1.29 is 9.47 Å². The lowest BCUT2D eigenvalue weighted by Crippen LogP contribution is -2.51. The molecule has 0 aromatic heterocycles. The van der Waals surface area contributed by atoms with Crippen LogP contribution in [0.5, 0.6) is 0 Å². The Bertz CT molecular complexity index is 515. The maximum absolute atomic E-state index is 6.00. The van der Waals surface area contributed by atoms with Crippen molar-refractivity contribution in [2.75, 3.05) is 14.2 Å². The summed E-state index contributed by atoms with van der Waals surface area (Å²) < 4.78 is 11.8. The van der Waals surface area contributed by atoms with Gasteiger partial charge in [-0.15, -0.1) is 0 Å². The van der Waals surface area contributed by atoms with E-state index in [0.29, 0.717) is 17.6 Å². The zero-order valence-corrected chi connectivity index (χ0v) is 19.2. The minimum atomic E-state index is 0.533. The van der Waals surface area contributed by atoms with Crippen molar-refractivity contribution in [2.24, 2.45) is 40.9 Å². The molecule has 0 amide bonds. The van der Waals surface area contributed by atoms with E-state index in [4.69, 9.17) is 9.47 Å². The van der Waals surface area contributed by atoms with Crippen molar-refractivity contribution in [1.82, 2.24) is 0 Å². The Hall–Kier alpha value is -0.0800. The van der Waals surface area contributed by atoms with Gasteiger partial charge in [0.15, 0.2) is 0 Å². The van der Waals surface area contributed by atoms with Crippen LogP contribution < -0.4 is 0 Å². The van der Waals surface area contributed by atoms with E-state index in [9.17, 15) is 0 Å². The Labute approximate surface area is 179 Å². The summed E-state index contributed by atoms with van der Waals surface area (Å²) in [5, 5.41) is 0. The van der Waals surface area contributed by atoms with Crippen LogP contribution in [0.15, 0.2) is 0 Å². The highest BCUT2D eigenvalue weighted by Gasteiger charge is 2.65. The van der Waals surface area contributed by atoms with Crippen LogP contribution in [0.3, 0.4) is 0 Å². The first-order chi connectivity index (χ1) is 14.3. The molecule has 0 aromatic carbocycles. The monoisotopic (exact) mass is 402 g/mol. The fourth-order valence-corrected chi connectivity index (χ4v) is 10.0. The molecule has 166 valence electrons. The molecule has 6 unspecified atom stereocenters. The number of rotatable bonds is 4. The Morgan fingerprint density at radius 1 is 0.517 bits per heavy atom. The number of fused-ring (bicyclic) bond motifs is 3. The van der Waals surface area contributed by atoms with E-state index in [-0.39, 0.29) is 0 Å². The molecule has 5 saturated carbocycles. The maximum atomic E-state index is 6.00. The molecule has 0 heterocycles. The van der Waals surface area contributed by atoms with E-state index in [1.54, 1.807) is 25.7 Å². The molecule has 0 aromatic rings. The van der Waals surface area contributed by atoms with Crippen molar-refractivity contribution in [3.8, 4) is 0 Å². The fourth-order valence-electron chi connectivity index (χ4n) is 10.0. The maximum Gasteiger partial charge on any atom is 0.0574 e. The molecule has 5 aliphatic carbocycles. The molecule has 0 aliphatic heterocycles. The van der Waals surface area contributed by atoms with Gasteiger partial charge in [-0.3, -0.25) is 0 Å². The number of ether oxygens (including phenoxy) is 2. The second-order valence-corrected chi connectivity index (χ2v) is 11.5. The second kappa shape index (κ2) is 8.81. The molecule has 0 saturated heterocycles. The van der Waals surface area contributed by atoms with Gasteiger partial charge < -0.3 is 9.47 Å². The van der Waals surface area contributed by atoms with E-state index in [0.717, 1.165) is 35.5 Å². The van der Waals surface area contributed by atoms with Crippen molar-refractivity contribution >= 4 is 0 Å². The third kappa shape index (κ3) is 3.43. The predicted octanol–water partition coefficient (Wildman–Crippen LogP) is 7.01. The lowest BCUT2D eigenvalue weighted by Gasteiger charge is -2.57. The van der Waals surface area contributed by atoms with Gasteiger partial charge in [0.2, 0.25) is 0 Å². The Balaban J connectivity index is 1.53. The van der Waals surface area contributed by atoms with Gasteiger partial charge in [0.1, 0.15) is 0 Å². The van der Waals surface area contributed by atoms with Crippen LogP contribution in [-0.4, -0.2) is 26.4 Å². The summed E-state index contributed by atoms with van der Waals surface area (Å²) in [4.78, 5) is 0. The van der Waals surface area contributed by atoms with Crippen LogP contribution in [0.4, 0.5) is 0 Å². The highest BCUT2D eigenvalue weighted by Crippen LogP contribution is 2.71. The van der Waals surface area contributed by atoms with E-state index in [1.165, 1.54) is 77.0 Å². The van der Waals surface area contributed by atoms with Crippen LogP contribution in [-0.2, 0) is 9.47 Å². The minimum Gasteiger partial charge on any atom is -0.381 e. The number of hydrogen-bond donors (Lipinski definition) is 0. The molecule has 5 fully saturated rings. The van der Waals surface area contributed by atoms with E-state index >= 15 is 0 Å². The molecule has 0 spiro atoms. The molecule has 5 rings (SSSR count). The van der Waals surface area contributed by atoms with Crippen LogP contribution >= 0.6 is 0 Å². The minimum absolute atomic E-state index is 0.533. The molecule has 0 radical (unpaired) electrons. The summed E-state index contributed by atoms with van der Waals surface area (Å²) in [5.41, 5.74) is 0.645. The second-order valence-electron chi connectivity index (χ2n) is 11.5. The molecule has 2 heteroatoms. The first-order valence-corrected chi connectivity index (χ1v) is 13.3. The smallest absolute Gasteiger partial charge is 0.0574 e. The van der Waals surface area contributed by atoms with Crippen molar-refractivity contribution in [3.63, 3.8) is 0 Å². The summed E-state index contributed by atoms with van der Waals surface area (Å²) in [6.45, 7) is 0. The first-order valence-electron chi connectivity index (χ1n) is 13.3. The Morgan fingerprint density at radius 3 is 1.69 bits per heavy atom. The summed E-state index contributed by atoms with van der Waals surface area (Å²) in [6, 6.07) is 0. The van der Waals surface area contributed by atoms with Gasteiger partial charge in [0.05, 0.1) is 12.2 Å². The average molecular weight is 403 g/mol. The Kier molecular flexibility index (Phi) is 6.32. The van der Waals surface area contributed by atoms with Gasteiger partial charge in [-0.1, -0.05) is 32.1 Å². The predicted molar refractivity (Wildman–Crippen MR) is 119 cm³/mol. The molecule has 0 bridgehead atoms. The van der Waals surface area contributed by atoms with Crippen LogP contribution in [0.25, 0.3) is 0 Å². The van der Waals surface area contributed by atoms with Gasteiger partial charge in [0.25, 0.3) is 0 Å². The molecular formula is C27H46O2. The zero-order valence-electron chi connectivity index (χ0n) is 19.2. The normalized spacial score (nSPS) is 50.7. The zero-order chi connectivity index (χ0) is 19.8. The van der Waals surface area contributed by atoms with Crippen LogP contribution in [0.2, 0.25) is 0 Å². The van der Waals surface area contributed by atoms with E-state index < -0.39 is 0 Å². The highest BCUT2D eigenvalue weighted by molar-refractivity contribution is 5.13. The molecule has 29 heavy (non-hydrogen) atoms. The third-order valence-electron chi connectivity index (χ3n) is 10.9. The van der Waals surface area contributed by atoms with Crippen molar-refractivity contribution in [1.29, 1.82) is 0 Å². The van der Waals surface area contributed by atoms with Gasteiger partial charge in [-0.25, -0.2) is 0 Å². The highest BCUT2D eigenvalue weighted by atomic mass is 16.5. The Morgan fingerprint density at radius 2 is 1.10 bits per heavy atom. The average Bonchev–Trinajstić information content (AvgIpc) is 3.11. The third-order valence-corrected chi connectivity index (χ3v) is 10.9. The summed E-state index contributed by atoms with van der Waals surface area (Å²) in [7, 11) is 3.92. The van der Waals surface area contributed by atoms with Crippen LogP contribution in [0, 0.1) is 40.9 Å².